The van der Waals surface area contributed by atoms with E-state index in [1.54, 1.807) is 18.2 Å². The van der Waals surface area contributed by atoms with Crippen LogP contribution in [0.4, 0.5) is 10.1 Å². The standard InChI is InChI=1S/C20H21FN2O5S/c21-16-6-8-17(9-7-16)22-19(24)14-28-20(25)15-10-12-23(13-11-15)29(26,27)18-4-2-1-3-5-18/h1-9,15H,10-14H2,(H,22,24). The molecule has 9 heteroatoms. The molecular weight excluding hydrogens is 399 g/mol. The lowest BCUT2D eigenvalue weighted by Gasteiger charge is -2.30. The zero-order valence-electron chi connectivity index (χ0n) is 15.6. The minimum absolute atomic E-state index is 0.207. The monoisotopic (exact) mass is 420 g/mol. The predicted octanol–water partition coefficient (Wildman–Crippen LogP) is 2.41. The van der Waals surface area contributed by atoms with Gasteiger partial charge in [-0.15, -0.1) is 0 Å². The van der Waals surface area contributed by atoms with Crippen LogP contribution in [0.25, 0.3) is 0 Å². The number of esters is 1. The van der Waals surface area contributed by atoms with E-state index in [-0.39, 0.29) is 18.0 Å². The molecule has 2 aromatic carbocycles. The Morgan fingerprint density at radius 2 is 1.66 bits per heavy atom. The van der Waals surface area contributed by atoms with Crippen LogP contribution in [0, 0.1) is 11.7 Å². The average Bonchev–Trinajstić information content (AvgIpc) is 2.74. The van der Waals surface area contributed by atoms with E-state index >= 15 is 0 Å². The summed E-state index contributed by atoms with van der Waals surface area (Å²) in [4.78, 5) is 24.3. The first-order valence-electron chi connectivity index (χ1n) is 9.13. The molecule has 29 heavy (non-hydrogen) atoms. The molecule has 1 heterocycles. The number of nitrogens with one attached hydrogen (secondary N) is 1. The van der Waals surface area contributed by atoms with Gasteiger partial charge in [-0.1, -0.05) is 18.2 Å². The third-order valence-corrected chi connectivity index (χ3v) is 6.55. The molecule has 0 unspecified atom stereocenters. The molecule has 1 amide bonds. The molecule has 0 aliphatic carbocycles. The van der Waals surface area contributed by atoms with Gasteiger partial charge in [-0.2, -0.15) is 4.31 Å². The van der Waals surface area contributed by atoms with Crippen LogP contribution in [-0.2, 0) is 24.3 Å². The summed E-state index contributed by atoms with van der Waals surface area (Å²) >= 11 is 0. The van der Waals surface area contributed by atoms with E-state index in [0.29, 0.717) is 18.5 Å². The molecule has 0 saturated carbocycles. The highest BCUT2D eigenvalue weighted by molar-refractivity contribution is 7.89. The van der Waals surface area contributed by atoms with Gasteiger partial charge in [0.1, 0.15) is 5.82 Å². The minimum atomic E-state index is -3.58. The van der Waals surface area contributed by atoms with Gasteiger partial charge >= 0.3 is 5.97 Å². The highest BCUT2D eigenvalue weighted by atomic mass is 32.2. The van der Waals surface area contributed by atoms with Crippen LogP contribution >= 0.6 is 0 Å². The van der Waals surface area contributed by atoms with E-state index in [1.807, 2.05) is 0 Å². The highest BCUT2D eigenvalue weighted by Gasteiger charge is 2.32. The number of ether oxygens (including phenoxy) is 1. The molecule has 1 aliphatic heterocycles. The number of nitrogens with zero attached hydrogens (tertiary/aromatic N) is 1. The average molecular weight is 420 g/mol. The van der Waals surface area contributed by atoms with Crippen LogP contribution in [-0.4, -0.2) is 44.3 Å². The molecule has 2 aromatic rings. The van der Waals surface area contributed by atoms with Crippen molar-refractivity contribution in [3.8, 4) is 0 Å². The van der Waals surface area contributed by atoms with E-state index < -0.39 is 40.2 Å². The number of carbonyl (C=O) groups is 2. The van der Waals surface area contributed by atoms with Crippen molar-refractivity contribution in [1.82, 2.24) is 4.31 Å². The largest absolute Gasteiger partial charge is 0.455 e. The topological polar surface area (TPSA) is 92.8 Å². The molecule has 0 radical (unpaired) electrons. The van der Waals surface area contributed by atoms with Crippen LogP contribution in [0.3, 0.4) is 0 Å². The van der Waals surface area contributed by atoms with Gasteiger partial charge in [0.05, 0.1) is 10.8 Å². The Labute approximate surface area is 168 Å². The molecule has 0 bridgehead atoms. The van der Waals surface area contributed by atoms with Gasteiger partial charge in [-0.3, -0.25) is 9.59 Å². The van der Waals surface area contributed by atoms with Crippen molar-refractivity contribution in [2.75, 3.05) is 25.0 Å². The quantitative estimate of drug-likeness (QED) is 0.725. The number of carbonyl (C=O) groups excluding carboxylic acids is 2. The van der Waals surface area contributed by atoms with Gasteiger partial charge < -0.3 is 10.1 Å². The first-order valence-corrected chi connectivity index (χ1v) is 10.6. The maximum absolute atomic E-state index is 12.9. The summed E-state index contributed by atoms with van der Waals surface area (Å²) < 4.78 is 44.5. The predicted molar refractivity (Wildman–Crippen MR) is 104 cm³/mol. The summed E-state index contributed by atoms with van der Waals surface area (Å²) in [6, 6.07) is 13.4. The molecule has 0 spiro atoms. The summed E-state index contributed by atoms with van der Waals surface area (Å²) in [6.45, 7) is -0.0454. The first kappa shape index (κ1) is 20.9. The lowest BCUT2D eigenvalue weighted by atomic mass is 9.98. The summed E-state index contributed by atoms with van der Waals surface area (Å²) in [5.74, 6) is -1.95. The Balaban J connectivity index is 1.46. The maximum Gasteiger partial charge on any atom is 0.309 e. The number of amides is 1. The van der Waals surface area contributed by atoms with Crippen LogP contribution in [0.1, 0.15) is 12.8 Å². The normalized spacial score (nSPS) is 15.6. The number of anilines is 1. The third-order valence-electron chi connectivity index (χ3n) is 4.64. The van der Waals surface area contributed by atoms with Crippen molar-refractivity contribution in [2.24, 2.45) is 5.92 Å². The number of sulfonamides is 1. The second kappa shape index (κ2) is 9.15. The Hall–Kier alpha value is -2.78. The zero-order valence-corrected chi connectivity index (χ0v) is 16.4. The lowest BCUT2D eigenvalue weighted by Crippen LogP contribution is -2.40. The van der Waals surface area contributed by atoms with Gasteiger partial charge in [-0.25, -0.2) is 12.8 Å². The van der Waals surface area contributed by atoms with E-state index in [4.69, 9.17) is 4.74 Å². The van der Waals surface area contributed by atoms with E-state index in [2.05, 4.69) is 5.32 Å². The number of piperidine rings is 1. The Morgan fingerprint density at radius 3 is 2.28 bits per heavy atom. The zero-order chi connectivity index (χ0) is 20.9. The van der Waals surface area contributed by atoms with Gasteiger partial charge in [0.25, 0.3) is 5.91 Å². The fourth-order valence-corrected chi connectivity index (χ4v) is 4.55. The Morgan fingerprint density at radius 1 is 1.03 bits per heavy atom. The molecule has 0 atom stereocenters. The molecule has 1 aliphatic rings. The minimum Gasteiger partial charge on any atom is -0.455 e. The SMILES string of the molecule is O=C(COC(=O)C1CCN(S(=O)(=O)c2ccccc2)CC1)Nc1ccc(F)cc1. The van der Waals surface area contributed by atoms with Gasteiger partial charge in [0.15, 0.2) is 6.61 Å². The van der Waals surface area contributed by atoms with E-state index in [9.17, 15) is 22.4 Å². The van der Waals surface area contributed by atoms with Crippen molar-refractivity contribution < 1.29 is 27.1 Å². The summed E-state index contributed by atoms with van der Waals surface area (Å²) in [5.41, 5.74) is 0.395. The molecule has 0 aromatic heterocycles. The first-order chi connectivity index (χ1) is 13.9. The van der Waals surface area contributed by atoms with Crippen molar-refractivity contribution in [1.29, 1.82) is 0 Å². The number of hydrogen-bond donors (Lipinski definition) is 1. The molecule has 154 valence electrons. The van der Waals surface area contributed by atoms with Crippen molar-refractivity contribution in [3.05, 3.63) is 60.4 Å². The Kier molecular flexibility index (Phi) is 6.60. The molecule has 1 fully saturated rings. The molecule has 7 nitrogen and oxygen atoms in total. The van der Waals surface area contributed by atoms with Crippen molar-refractivity contribution in [3.63, 3.8) is 0 Å². The summed E-state index contributed by atoms with van der Waals surface area (Å²) in [5, 5.41) is 2.50. The number of halogens is 1. The van der Waals surface area contributed by atoms with Crippen LogP contribution in [0.15, 0.2) is 59.5 Å². The fourth-order valence-electron chi connectivity index (χ4n) is 3.06. The van der Waals surface area contributed by atoms with Crippen LogP contribution in [0.5, 0.6) is 0 Å². The highest BCUT2D eigenvalue weighted by Crippen LogP contribution is 2.24. The molecule has 1 N–H and O–H groups in total. The fraction of sp³-hybridized carbons (Fsp3) is 0.300. The number of rotatable bonds is 6. The smallest absolute Gasteiger partial charge is 0.309 e. The van der Waals surface area contributed by atoms with E-state index in [0.717, 1.165) is 0 Å². The summed E-state index contributed by atoms with van der Waals surface area (Å²) in [6.07, 6.45) is 0.648. The van der Waals surface area contributed by atoms with Crippen molar-refractivity contribution in [2.45, 2.75) is 17.7 Å². The van der Waals surface area contributed by atoms with Crippen molar-refractivity contribution >= 4 is 27.6 Å². The molecule has 1 saturated heterocycles. The van der Waals surface area contributed by atoms with Gasteiger partial charge in [0.2, 0.25) is 10.0 Å². The summed E-state index contributed by atoms with van der Waals surface area (Å²) in [7, 11) is -3.58. The molecule has 3 rings (SSSR count). The second-order valence-corrected chi connectivity index (χ2v) is 8.59. The van der Waals surface area contributed by atoms with E-state index in [1.165, 1.54) is 40.7 Å². The van der Waals surface area contributed by atoms with Gasteiger partial charge in [-0.05, 0) is 49.2 Å². The number of benzene rings is 2. The second-order valence-electron chi connectivity index (χ2n) is 6.65. The van der Waals surface area contributed by atoms with Crippen LogP contribution in [0.2, 0.25) is 0 Å². The molecular formula is C20H21FN2O5S. The number of hydrogen-bond acceptors (Lipinski definition) is 5. The lowest BCUT2D eigenvalue weighted by molar-refractivity contribution is -0.152. The van der Waals surface area contributed by atoms with Crippen LogP contribution < -0.4 is 5.32 Å². The maximum atomic E-state index is 12.9. The third kappa shape index (κ3) is 5.39. The Bertz CT molecular complexity index is 956. The van der Waals surface area contributed by atoms with Gasteiger partial charge in [0, 0.05) is 18.8 Å².